The van der Waals surface area contributed by atoms with Crippen LogP contribution in [0.5, 0.6) is 0 Å². The zero-order chi connectivity index (χ0) is 16.2. The fraction of sp³-hybridized carbons (Fsp3) is 0.467. The molecule has 6 heteroatoms. The first-order valence-electron chi connectivity index (χ1n) is 6.76. The summed E-state index contributed by atoms with van der Waals surface area (Å²) in [5, 5.41) is 6.25. The minimum absolute atomic E-state index is 0.171. The van der Waals surface area contributed by atoms with Gasteiger partial charge in [-0.2, -0.15) is 0 Å². The van der Waals surface area contributed by atoms with Crippen LogP contribution in [0.1, 0.15) is 31.1 Å². The van der Waals surface area contributed by atoms with Crippen LogP contribution in [0.4, 0.5) is 5.69 Å². The Morgan fingerprint density at radius 1 is 1.29 bits per heavy atom. The van der Waals surface area contributed by atoms with Gasteiger partial charge in [0.15, 0.2) is 0 Å². The number of amides is 2. The quantitative estimate of drug-likeness (QED) is 0.877. The van der Waals surface area contributed by atoms with Crippen LogP contribution < -0.4 is 10.6 Å². The summed E-state index contributed by atoms with van der Waals surface area (Å²) >= 11 is 6.04. The molecule has 5 nitrogen and oxygen atoms in total. The summed E-state index contributed by atoms with van der Waals surface area (Å²) in [6.45, 7) is 6.22. The first-order chi connectivity index (χ1) is 9.69. The van der Waals surface area contributed by atoms with Gasteiger partial charge in [0.05, 0.1) is 16.1 Å². The van der Waals surface area contributed by atoms with Crippen molar-refractivity contribution in [1.82, 2.24) is 10.2 Å². The second kappa shape index (κ2) is 6.91. The number of hydrogen-bond donors (Lipinski definition) is 2. The number of rotatable bonds is 5. The summed E-state index contributed by atoms with van der Waals surface area (Å²) in [5.41, 5.74) is 0.210. The molecule has 2 N–H and O–H groups in total. The van der Waals surface area contributed by atoms with Crippen molar-refractivity contribution >= 4 is 29.1 Å². The van der Waals surface area contributed by atoms with Crippen molar-refractivity contribution in [3.8, 4) is 0 Å². The van der Waals surface area contributed by atoms with Crippen molar-refractivity contribution in [1.29, 1.82) is 0 Å². The summed E-state index contributed by atoms with van der Waals surface area (Å²) in [5.74, 6) is -0.378. The smallest absolute Gasteiger partial charge is 0.254 e. The van der Waals surface area contributed by atoms with Gasteiger partial charge in [-0.05, 0) is 38.6 Å². The minimum atomic E-state index is -0.694. The molecule has 1 rings (SSSR count). The monoisotopic (exact) mass is 311 g/mol. The summed E-state index contributed by atoms with van der Waals surface area (Å²) in [7, 11) is 3.30. The Morgan fingerprint density at radius 3 is 2.43 bits per heavy atom. The third-order valence-corrected chi connectivity index (χ3v) is 3.38. The lowest BCUT2D eigenvalue weighted by atomic mass is 10.0. The van der Waals surface area contributed by atoms with Gasteiger partial charge in [-0.25, -0.2) is 0 Å². The van der Waals surface area contributed by atoms with Gasteiger partial charge in [0.25, 0.3) is 5.91 Å². The average Bonchev–Trinajstić information content (AvgIpc) is 2.39. The molecule has 0 aliphatic carbocycles. The van der Waals surface area contributed by atoms with E-state index in [1.165, 1.54) is 4.90 Å². The number of hydrogen-bond acceptors (Lipinski definition) is 3. The number of nitrogens with zero attached hydrogens (tertiary/aromatic N) is 1. The number of carbonyl (C=O) groups excluding carboxylic acids is 2. The average molecular weight is 312 g/mol. The van der Waals surface area contributed by atoms with Crippen LogP contribution >= 0.6 is 11.6 Å². The van der Waals surface area contributed by atoms with E-state index in [0.717, 1.165) is 0 Å². The molecule has 116 valence electrons. The largest absolute Gasteiger partial charge is 0.345 e. The Bertz CT molecular complexity index is 542. The van der Waals surface area contributed by atoms with Gasteiger partial charge in [0.2, 0.25) is 5.91 Å². The second-order valence-electron chi connectivity index (χ2n) is 5.50. The van der Waals surface area contributed by atoms with Gasteiger partial charge in [-0.1, -0.05) is 18.5 Å². The van der Waals surface area contributed by atoms with Gasteiger partial charge in [0.1, 0.15) is 0 Å². The highest BCUT2D eigenvalue weighted by molar-refractivity contribution is 6.34. The highest BCUT2D eigenvalue weighted by Gasteiger charge is 2.26. The molecule has 0 heterocycles. The molecule has 0 saturated carbocycles. The fourth-order valence-electron chi connectivity index (χ4n) is 1.82. The fourth-order valence-corrected chi connectivity index (χ4v) is 2.02. The van der Waals surface area contributed by atoms with Crippen LogP contribution in [-0.4, -0.2) is 42.9 Å². The standard InChI is InChI=1S/C15H22ClN3O2/c1-6-17-15(2,3)14(21)18-10-7-8-12(16)11(9-10)13(20)19(4)5/h7-9,17H,6H2,1-5H3,(H,18,21). The molecular weight excluding hydrogens is 290 g/mol. The number of halogens is 1. The van der Waals surface area contributed by atoms with Crippen molar-refractivity contribution < 1.29 is 9.59 Å². The Labute approximate surface area is 130 Å². The minimum Gasteiger partial charge on any atom is -0.345 e. The molecule has 1 aromatic carbocycles. The highest BCUT2D eigenvalue weighted by Crippen LogP contribution is 2.22. The maximum Gasteiger partial charge on any atom is 0.254 e. The molecule has 0 atom stereocenters. The zero-order valence-corrected chi connectivity index (χ0v) is 13.8. The molecule has 0 saturated heterocycles. The Morgan fingerprint density at radius 2 is 1.90 bits per heavy atom. The molecule has 0 aromatic heterocycles. The molecule has 0 radical (unpaired) electrons. The molecule has 0 fully saturated rings. The molecule has 0 spiro atoms. The van der Waals surface area contributed by atoms with Gasteiger partial charge < -0.3 is 15.5 Å². The van der Waals surface area contributed by atoms with Gasteiger partial charge in [-0.3, -0.25) is 9.59 Å². The lowest BCUT2D eigenvalue weighted by molar-refractivity contribution is -0.121. The molecule has 1 aromatic rings. The summed E-state index contributed by atoms with van der Waals surface area (Å²) in [6.07, 6.45) is 0. The second-order valence-corrected chi connectivity index (χ2v) is 5.91. The molecular formula is C15H22ClN3O2. The van der Waals surface area contributed by atoms with Crippen LogP contribution in [0.3, 0.4) is 0 Å². The van der Waals surface area contributed by atoms with E-state index in [4.69, 9.17) is 11.6 Å². The maximum absolute atomic E-state index is 12.2. The number of carbonyl (C=O) groups is 2. The van der Waals surface area contributed by atoms with E-state index in [1.807, 2.05) is 6.92 Å². The van der Waals surface area contributed by atoms with Crippen molar-refractivity contribution in [3.63, 3.8) is 0 Å². The van der Waals surface area contributed by atoms with Crippen molar-refractivity contribution in [2.75, 3.05) is 26.0 Å². The van der Waals surface area contributed by atoms with Crippen molar-refractivity contribution in [2.45, 2.75) is 26.3 Å². The molecule has 0 aliphatic rings. The predicted octanol–water partition coefficient (Wildman–Crippen LogP) is 2.37. The van der Waals surface area contributed by atoms with Crippen molar-refractivity contribution in [3.05, 3.63) is 28.8 Å². The lowest BCUT2D eigenvalue weighted by Gasteiger charge is -2.24. The number of benzene rings is 1. The van der Waals surface area contributed by atoms with Crippen LogP contribution in [0, 0.1) is 0 Å². The maximum atomic E-state index is 12.2. The zero-order valence-electron chi connectivity index (χ0n) is 13.1. The molecule has 0 aliphatic heterocycles. The van der Waals surface area contributed by atoms with E-state index in [0.29, 0.717) is 22.8 Å². The first-order valence-corrected chi connectivity index (χ1v) is 7.14. The van der Waals surface area contributed by atoms with Gasteiger partial charge >= 0.3 is 0 Å². The van der Waals surface area contributed by atoms with Crippen LogP contribution in [0.25, 0.3) is 0 Å². The number of anilines is 1. The first kappa shape index (κ1) is 17.5. The van der Waals surface area contributed by atoms with Crippen LogP contribution in [0.2, 0.25) is 5.02 Å². The predicted molar refractivity (Wildman–Crippen MR) is 85.9 cm³/mol. The molecule has 2 amide bonds. The van der Waals surface area contributed by atoms with E-state index in [1.54, 1.807) is 46.1 Å². The highest BCUT2D eigenvalue weighted by atomic mass is 35.5. The Kier molecular flexibility index (Phi) is 5.75. The van der Waals surface area contributed by atoms with E-state index in [-0.39, 0.29) is 11.8 Å². The molecule has 0 unspecified atom stereocenters. The Balaban J connectivity index is 2.98. The molecule has 0 bridgehead atoms. The third kappa shape index (κ3) is 4.44. The molecule has 21 heavy (non-hydrogen) atoms. The summed E-state index contributed by atoms with van der Waals surface area (Å²) in [4.78, 5) is 25.7. The topological polar surface area (TPSA) is 61.4 Å². The van der Waals surface area contributed by atoms with Crippen LogP contribution in [0.15, 0.2) is 18.2 Å². The summed E-state index contributed by atoms with van der Waals surface area (Å²) < 4.78 is 0. The lowest BCUT2D eigenvalue weighted by Crippen LogP contribution is -2.49. The SMILES string of the molecule is CCNC(C)(C)C(=O)Nc1ccc(Cl)c(C(=O)N(C)C)c1. The van der Waals surface area contributed by atoms with Gasteiger partial charge in [-0.15, -0.1) is 0 Å². The van der Waals surface area contributed by atoms with E-state index < -0.39 is 5.54 Å². The van der Waals surface area contributed by atoms with E-state index >= 15 is 0 Å². The van der Waals surface area contributed by atoms with E-state index in [9.17, 15) is 9.59 Å². The Hall–Kier alpha value is -1.59. The van der Waals surface area contributed by atoms with Gasteiger partial charge in [0, 0.05) is 19.8 Å². The number of nitrogens with one attached hydrogen (secondary N) is 2. The van der Waals surface area contributed by atoms with Crippen LogP contribution in [-0.2, 0) is 4.79 Å². The third-order valence-electron chi connectivity index (χ3n) is 3.05. The van der Waals surface area contributed by atoms with E-state index in [2.05, 4.69) is 10.6 Å². The van der Waals surface area contributed by atoms with Crippen molar-refractivity contribution in [2.24, 2.45) is 0 Å². The summed E-state index contributed by atoms with van der Waals surface area (Å²) in [6, 6.07) is 4.87. The number of likely N-dealkylation sites (N-methyl/N-ethyl adjacent to an activating group) is 1. The normalized spacial score (nSPS) is 11.1.